The van der Waals surface area contributed by atoms with Gasteiger partial charge in [-0.2, -0.15) is 4.68 Å². The van der Waals surface area contributed by atoms with Gasteiger partial charge in [-0.3, -0.25) is 4.79 Å². The van der Waals surface area contributed by atoms with Crippen LogP contribution in [0.4, 0.5) is 5.82 Å². The van der Waals surface area contributed by atoms with Crippen molar-refractivity contribution in [3.05, 3.63) is 54.7 Å². The van der Waals surface area contributed by atoms with Gasteiger partial charge in [0, 0.05) is 9.13 Å². The Hall–Kier alpha value is -1.48. The molecular formula is C11H7ClIN3O3. The van der Waals surface area contributed by atoms with E-state index in [1.165, 1.54) is 10.9 Å². The van der Waals surface area contributed by atoms with E-state index < -0.39 is 10.7 Å². The van der Waals surface area contributed by atoms with Crippen LogP contribution in [0.5, 0.6) is 0 Å². The molecule has 0 aliphatic carbocycles. The van der Waals surface area contributed by atoms with Crippen molar-refractivity contribution in [2.45, 2.75) is 6.54 Å². The number of carbonyl (C=O) groups is 1. The molecule has 2 rings (SSSR count). The van der Waals surface area contributed by atoms with Gasteiger partial charge in [0.25, 0.3) is 0 Å². The second-order valence-corrected chi connectivity index (χ2v) is 5.34. The van der Waals surface area contributed by atoms with Crippen LogP contribution in [0.2, 0.25) is 5.02 Å². The minimum atomic E-state index is -0.686. The summed E-state index contributed by atoms with van der Waals surface area (Å²) in [7, 11) is 0. The van der Waals surface area contributed by atoms with Crippen LogP contribution in [-0.2, 0) is 6.54 Å². The molecule has 1 aromatic carbocycles. The largest absolute Gasteiger partial charge is 0.408 e. The van der Waals surface area contributed by atoms with Crippen LogP contribution >= 0.6 is 34.2 Å². The van der Waals surface area contributed by atoms with Crippen LogP contribution < -0.4 is 0 Å². The topological polar surface area (TPSA) is 78.0 Å². The molecule has 1 heterocycles. The lowest BCUT2D eigenvalue weighted by atomic mass is 10.1. The molecule has 98 valence electrons. The zero-order valence-electron chi connectivity index (χ0n) is 9.42. The minimum absolute atomic E-state index is 0.0830. The Bertz CT molecular complexity index is 639. The maximum atomic E-state index is 11.9. The Balaban J connectivity index is 2.17. The van der Waals surface area contributed by atoms with Crippen LogP contribution in [0.3, 0.4) is 0 Å². The minimum Gasteiger partial charge on any atom is -0.358 e. The first kappa shape index (κ1) is 13.9. The average molecular weight is 392 g/mol. The fourth-order valence-corrected chi connectivity index (χ4v) is 2.04. The molecule has 0 atom stereocenters. The summed E-state index contributed by atoms with van der Waals surface area (Å²) in [6, 6.07) is 7.02. The van der Waals surface area contributed by atoms with Crippen molar-refractivity contribution in [2.75, 3.05) is 0 Å². The first-order valence-corrected chi connectivity index (χ1v) is 6.59. The third-order valence-corrected chi connectivity index (χ3v) is 3.33. The van der Waals surface area contributed by atoms with Crippen molar-refractivity contribution in [3.63, 3.8) is 0 Å². The summed E-state index contributed by atoms with van der Waals surface area (Å²) in [5.41, 5.74) is 0.523. The third-order valence-electron chi connectivity index (χ3n) is 2.34. The highest BCUT2D eigenvalue weighted by Crippen LogP contribution is 2.21. The summed E-state index contributed by atoms with van der Waals surface area (Å²) in [6.07, 6.45) is 1.27. The Morgan fingerprint density at radius 1 is 1.42 bits per heavy atom. The maximum absolute atomic E-state index is 11.9. The number of halogens is 2. The summed E-state index contributed by atoms with van der Waals surface area (Å²) in [5.74, 6) is -0.637. The molecule has 0 saturated heterocycles. The highest BCUT2D eigenvalue weighted by Gasteiger charge is 2.20. The fraction of sp³-hybridized carbons (Fsp3) is 0.0909. The molecule has 2 aromatic rings. The first-order chi connectivity index (χ1) is 8.97. The summed E-state index contributed by atoms with van der Waals surface area (Å²) in [5, 5.41) is 14.2. The SMILES string of the molecule is O=C(Cn1cc(Cl)c([N+](=O)[O-])n1)c1ccc(I)cc1. The molecule has 0 unspecified atom stereocenters. The molecule has 0 aliphatic heterocycles. The van der Waals surface area contributed by atoms with E-state index in [2.05, 4.69) is 27.7 Å². The van der Waals surface area contributed by atoms with Crippen LogP contribution in [0.1, 0.15) is 10.4 Å². The molecule has 0 amide bonds. The van der Waals surface area contributed by atoms with Crippen molar-refractivity contribution in [1.29, 1.82) is 0 Å². The van der Waals surface area contributed by atoms with E-state index >= 15 is 0 Å². The number of Topliss-reactive ketones (excluding diaryl/α,β-unsaturated/α-hetero) is 1. The van der Waals surface area contributed by atoms with Gasteiger partial charge in [-0.15, -0.1) is 0 Å². The zero-order valence-corrected chi connectivity index (χ0v) is 12.3. The summed E-state index contributed by atoms with van der Waals surface area (Å²) < 4.78 is 2.19. The van der Waals surface area contributed by atoms with Gasteiger partial charge in [0.1, 0.15) is 6.54 Å². The van der Waals surface area contributed by atoms with Gasteiger partial charge in [0.2, 0.25) is 0 Å². The van der Waals surface area contributed by atoms with E-state index in [-0.39, 0.29) is 17.4 Å². The average Bonchev–Trinajstić information content (AvgIpc) is 2.71. The second kappa shape index (κ2) is 5.66. The Kier molecular flexibility index (Phi) is 4.15. The number of aromatic nitrogens is 2. The van der Waals surface area contributed by atoms with Crippen LogP contribution in [-0.4, -0.2) is 20.5 Å². The van der Waals surface area contributed by atoms with E-state index in [0.717, 1.165) is 3.57 Å². The monoisotopic (exact) mass is 391 g/mol. The van der Waals surface area contributed by atoms with Crippen molar-refractivity contribution in [2.24, 2.45) is 0 Å². The van der Waals surface area contributed by atoms with Crippen LogP contribution in [0, 0.1) is 13.7 Å². The first-order valence-electron chi connectivity index (χ1n) is 5.13. The lowest BCUT2D eigenvalue weighted by Crippen LogP contribution is -2.11. The van der Waals surface area contributed by atoms with Gasteiger partial charge < -0.3 is 10.1 Å². The third kappa shape index (κ3) is 3.29. The summed E-state index contributed by atoms with van der Waals surface area (Å²) in [4.78, 5) is 21.8. The Morgan fingerprint density at radius 3 is 2.58 bits per heavy atom. The smallest absolute Gasteiger partial charge is 0.358 e. The van der Waals surface area contributed by atoms with Gasteiger partial charge in [0.05, 0.1) is 11.3 Å². The number of hydrogen-bond acceptors (Lipinski definition) is 4. The van der Waals surface area contributed by atoms with Crippen LogP contribution in [0.25, 0.3) is 0 Å². The molecule has 19 heavy (non-hydrogen) atoms. The molecule has 8 heteroatoms. The van der Waals surface area contributed by atoms with E-state index in [9.17, 15) is 14.9 Å². The van der Waals surface area contributed by atoms with E-state index in [0.29, 0.717) is 5.56 Å². The van der Waals surface area contributed by atoms with Gasteiger partial charge in [-0.1, -0.05) is 23.7 Å². The van der Waals surface area contributed by atoms with E-state index in [1.54, 1.807) is 12.1 Å². The summed E-state index contributed by atoms with van der Waals surface area (Å²) in [6.45, 7) is -0.0891. The van der Waals surface area contributed by atoms with Crippen molar-refractivity contribution < 1.29 is 9.72 Å². The number of hydrogen-bond donors (Lipinski definition) is 0. The lowest BCUT2D eigenvalue weighted by Gasteiger charge is -1.99. The molecule has 0 saturated carbocycles. The van der Waals surface area contributed by atoms with Crippen molar-refractivity contribution in [3.8, 4) is 0 Å². The lowest BCUT2D eigenvalue weighted by molar-refractivity contribution is -0.389. The quantitative estimate of drug-likeness (QED) is 0.347. The number of nitro groups is 1. The molecule has 0 bridgehead atoms. The number of benzene rings is 1. The number of ketones is 1. The van der Waals surface area contributed by atoms with Crippen LogP contribution in [0.15, 0.2) is 30.5 Å². The predicted octanol–water partition coefficient (Wildman–Crippen LogP) is 2.93. The molecule has 0 radical (unpaired) electrons. The number of nitrogens with zero attached hydrogens (tertiary/aromatic N) is 3. The molecule has 0 spiro atoms. The van der Waals surface area contributed by atoms with E-state index in [4.69, 9.17) is 11.6 Å². The van der Waals surface area contributed by atoms with Gasteiger partial charge >= 0.3 is 5.82 Å². The number of rotatable bonds is 4. The highest BCUT2D eigenvalue weighted by atomic mass is 127. The maximum Gasteiger partial charge on any atom is 0.408 e. The molecule has 1 aromatic heterocycles. The molecule has 6 nitrogen and oxygen atoms in total. The normalized spacial score (nSPS) is 10.4. The van der Waals surface area contributed by atoms with Gasteiger partial charge in [0.15, 0.2) is 10.8 Å². The van der Waals surface area contributed by atoms with E-state index in [1.807, 2.05) is 12.1 Å². The molecular weight excluding hydrogens is 384 g/mol. The van der Waals surface area contributed by atoms with Crippen molar-refractivity contribution >= 4 is 45.8 Å². The van der Waals surface area contributed by atoms with Gasteiger partial charge in [-0.25, -0.2) is 0 Å². The van der Waals surface area contributed by atoms with Crippen molar-refractivity contribution in [1.82, 2.24) is 9.78 Å². The number of carbonyl (C=O) groups excluding carboxylic acids is 1. The molecule has 0 N–H and O–H groups in total. The molecule has 0 aliphatic rings. The second-order valence-electron chi connectivity index (χ2n) is 3.69. The zero-order chi connectivity index (χ0) is 14.0. The highest BCUT2D eigenvalue weighted by molar-refractivity contribution is 14.1. The Labute approximate surface area is 126 Å². The standard InChI is InChI=1S/C11H7ClIN3O3/c12-9-5-15(14-11(9)16(18)19)6-10(17)7-1-3-8(13)4-2-7/h1-5H,6H2. The van der Waals surface area contributed by atoms with Gasteiger partial charge in [-0.05, 0) is 39.6 Å². The Morgan fingerprint density at radius 2 is 2.05 bits per heavy atom. The molecule has 0 fully saturated rings. The fourth-order valence-electron chi connectivity index (χ4n) is 1.47. The predicted molar refractivity (Wildman–Crippen MR) is 77.4 cm³/mol. The summed E-state index contributed by atoms with van der Waals surface area (Å²) >= 11 is 7.79.